The molecular weight excluding hydrogens is 311 g/mol. The second kappa shape index (κ2) is 7.84. The van der Waals surface area contributed by atoms with E-state index in [0.717, 1.165) is 38.6 Å². The van der Waals surface area contributed by atoms with E-state index in [0.29, 0.717) is 6.04 Å². The van der Waals surface area contributed by atoms with Gasteiger partial charge in [0, 0.05) is 38.8 Å². The normalized spacial score (nSPS) is 24.0. The topological polar surface area (TPSA) is 6.48 Å². The third-order valence-electron chi connectivity index (χ3n) is 6.08. The number of hydrogen-bond donors (Lipinski definition) is 0. The predicted octanol–water partition coefficient (Wildman–Crippen LogP) is 4.39. The summed E-state index contributed by atoms with van der Waals surface area (Å²) in [5.74, 6) is 0.711. The van der Waals surface area contributed by atoms with Crippen molar-refractivity contribution in [1.29, 1.82) is 0 Å². The molecule has 1 heterocycles. The maximum Gasteiger partial charge on any atom is 0.123 e. The highest BCUT2D eigenvalue weighted by molar-refractivity contribution is 5.29. The highest BCUT2D eigenvalue weighted by atomic mass is 19.1. The summed E-state index contributed by atoms with van der Waals surface area (Å²) in [5, 5.41) is 0. The molecular formula is C22H29FN2. The molecule has 4 rings (SSSR count). The largest absolute Gasteiger partial charge is 0.297 e. The Morgan fingerprint density at radius 1 is 1.00 bits per heavy atom. The van der Waals surface area contributed by atoms with Gasteiger partial charge >= 0.3 is 0 Å². The standard InChI is InChI=1S/C22H29FN2/c23-21-11-9-18(10-12-21)17-24-13-15-25(16-14-24)22(20-7-4-8-20)19-5-2-1-3-6-19/h2,5-6,9-12,20,22H,1,3-4,7-8,13-17H2. The maximum absolute atomic E-state index is 13.1. The van der Waals surface area contributed by atoms with Crippen LogP contribution in [0.1, 0.15) is 37.7 Å². The van der Waals surface area contributed by atoms with E-state index < -0.39 is 0 Å². The first-order chi connectivity index (χ1) is 12.3. The van der Waals surface area contributed by atoms with E-state index in [1.165, 1.54) is 37.7 Å². The van der Waals surface area contributed by atoms with Gasteiger partial charge in [0.25, 0.3) is 0 Å². The first-order valence-corrected chi connectivity index (χ1v) is 9.87. The molecule has 0 bridgehead atoms. The Bertz CT molecular complexity index is 622. The van der Waals surface area contributed by atoms with Crippen LogP contribution in [0.4, 0.5) is 4.39 Å². The minimum absolute atomic E-state index is 0.147. The summed E-state index contributed by atoms with van der Waals surface area (Å²) in [6, 6.07) is 7.60. The highest BCUT2D eigenvalue weighted by Crippen LogP contribution is 2.37. The molecule has 0 spiro atoms. The second-order valence-corrected chi connectivity index (χ2v) is 7.76. The van der Waals surface area contributed by atoms with Crippen LogP contribution in [0.5, 0.6) is 0 Å². The first-order valence-electron chi connectivity index (χ1n) is 9.87. The van der Waals surface area contributed by atoms with Crippen molar-refractivity contribution in [2.24, 2.45) is 5.92 Å². The van der Waals surface area contributed by atoms with Gasteiger partial charge in [-0.2, -0.15) is 0 Å². The highest BCUT2D eigenvalue weighted by Gasteiger charge is 2.35. The van der Waals surface area contributed by atoms with Gasteiger partial charge in [-0.25, -0.2) is 4.39 Å². The fraction of sp³-hybridized carbons (Fsp3) is 0.545. The fourth-order valence-electron chi connectivity index (χ4n) is 4.44. The van der Waals surface area contributed by atoms with Crippen molar-refractivity contribution in [2.45, 2.75) is 44.7 Å². The lowest BCUT2D eigenvalue weighted by Crippen LogP contribution is -2.53. The van der Waals surface area contributed by atoms with Gasteiger partial charge in [0.15, 0.2) is 0 Å². The molecule has 1 aliphatic heterocycles. The summed E-state index contributed by atoms with van der Waals surface area (Å²) in [6.07, 6.45) is 13.8. The van der Waals surface area contributed by atoms with Crippen molar-refractivity contribution in [3.63, 3.8) is 0 Å². The summed E-state index contributed by atoms with van der Waals surface area (Å²) in [6.45, 7) is 5.45. The van der Waals surface area contributed by atoms with Crippen LogP contribution < -0.4 is 0 Å². The second-order valence-electron chi connectivity index (χ2n) is 7.76. The van der Waals surface area contributed by atoms with E-state index in [1.807, 2.05) is 12.1 Å². The van der Waals surface area contributed by atoms with Gasteiger partial charge in [0.05, 0.1) is 0 Å². The average Bonchev–Trinajstić information content (AvgIpc) is 2.62. The summed E-state index contributed by atoms with van der Waals surface area (Å²) in [7, 11) is 0. The number of benzene rings is 1. The van der Waals surface area contributed by atoms with Crippen LogP contribution in [-0.2, 0) is 6.54 Å². The zero-order chi connectivity index (χ0) is 17.1. The maximum atomic E-state index is 13.1. The number of halogens is 1. The van der Waals surface area contributed by atoms with E-state index in [4.69, 9.17) is 0 Å². The van der Waals surface area contributed by atoms with Crippen LogP contribution in [0, 0.1) is 11.7 Å². The van der Waals surface area contributed by atoms with Crippen LogP contribution in [0.25, 0.3) is 0 Å². The smallest absolute Gasteiger partial charge is 0.123 e. The molecule has 2 nitrogen and oxygen atoms in total. The van der Waals surface area contributed by atoms with Crippen molar-refractivity contribution < 1.29 is 4.39 Å². The van der Waals surface area contributed by atoms with Gasteiger partial charge in [0.2, 0.25) is 0 Å². The Morgan fingerprint density at radius 2 is 1.76 bits per heavy atom. The van der Waals surface area contributed by atoms with Crippen LogP contribution in [-0.4, -0.2) is 42.0 Å². The lowest BCUT2D eigenvalue weighted by atomic mass is 9.75. The Hall–Kier alpha value is -1.45. The molecule has 0 amide bonds. The van der Waals surface area contributed by atoms with E-state index in [1.54, 1.807) is 17.7 Å². The van der Waals surface area contributed by atoms with E-state index in [9.17, 15) is 4.39 Å². The first kappa shape index (κ1) is 17.0. The molecule has 25 heavy (non-hydrogen) atoms. The molecule has 2 fully saturated rings. The molecule has 3 aliphatic rings. The molecule has 134 valence electrons. The van der Waals surface area contributed by atoms with Crippen LogP contribution in [0.3, 0.4) is 0 Å². The molecule has 1 aromatic carbocycles. The molecule has 1 unspecified atom stereocenters. The van der Waals surface area contributed by atoms with Gasteiger partial charge < -0.3 is 0 Å². The Kier molecular flexibility index (Phi) is 5.33. The number of hydrogen-bond acceptors (Lipinski definition) is 2. The number of rotatable bonds is 5. The molecule has 1 aromatic rings. The molecule has 0 N–H and O–H groups in total. The summed E-state index contributed by atoms with van der Waals surface area (Å²) in [4.78, 5) is 5.24. The van der Waals surface area contributed by atoms with Crippen molar-refractivity contribution in [2.75, 3.05) is 26.2 Å². The Labute approximate surface area is 151 Å². The van der Waals surface area contributed by atoms with Crippen molar-refractivity contribution in [3.05, 3.63) is 59.4 Å². The minimum Gasteiger partial charge on any atom is -0.297 e. The number of nitrogens with zero attached hydrogens (tertiary/aromatic N) is 2. The minimum atomic E-state index is -0.147. The fourth-order valence-corrected chi connectivity index (χ4v) is 4.44. The number of allylic oxidation sites excluding steroid dienone is 2. The monoisotopic (exact) mass is 340 g/mol. The van der Waals surface area contributed by atoms with E-state index >= 15 is 0 Å². The lowest BCUT2D eigenvalue weighted by molar-refractivity contribution is 0.0612. The molecule has 0 aromatic heterocycles. The van der Waals surface area contributed by atoms with Gasteiger partial charge in [-0.15, -0.1) is 0 Å². The summed E-state index contributed by atoms with van der Waals surface area (Å²) >= 11 is 0. The molecule has 1 atom stereocenters. The average molecular weight is 340 g/mol. The van der Waals surface area contributed by atoms with Crippen molar-refractivity contribution in [3.8, 4) is 0 Å². The van der Waals surface area contributed by atoms with Gasteiger partial charge in [-0.3, -0.25) is 9.80 Å². The zero-order valence-corrected chi connectivity index (χ0v) is 15.0. The third-order valence-corrected chi connectivity index (χ3v) is 6.08. The molecule has 0 radical (unpaired) electrons. The summed E-state index contributed by atoms with van der Waals surface area (Å²) < 4.78 is 13.1. The van der Waals surface area contributed by atoms with Gasteiger partial charge in [-0.05, 0) is 54.9 Å². The Balaban J connectivity index is 1.36. The van der Waals surface area contributed by atoms with E-state index in [2.05, 4.69) is 28.0 Å². The van der Waals surface area contributed by atoms with Gasteiger partial charge in [0.1, 0.15) is 5.82 Å². The quantitative estimate of drug-likeness (QED) is 0.784. The molecule has 2 aliphatic carbocycles. The summed E-state index contributed by atoms with van der Waals surface area (Å²) in [5.41, 5.74) is 2.78. The zero-order valence-electron chi connectivity index (χ0n) is 15.0. The van der Waals surface area contributed by atoms with Gasteiger partial charge in [-0.1, -0.05) is 36.8 Å². The predicted molar refractivity (Wildman–Crippen MR) is 101 cm³/mol. The van der Waals surface area contributed by atoms with Crippen LogP contribution in [0.15, 0.2) is 48.1 Å². The molecule has 1 saturated carbocycles. The molecule has 3 heteroatoms. The van der Waals surface area contributed by atoms with Crippen molar-refractivity contribution >= 4 is 0 Å². The Morgan fingerprint density at radius 3 is 2.36 bits per heavy atom. The lowest BCUT2D eigenvalue weighted by Gasteiger charge is -2.46. The van der Waals surface area contributed by atoms with Crippen LogP contribution in [0.2, 0.25) is 0 Å². The van der Waals surface area contributed by atoms with Crippen LogP contribution >= 0.6 is 0 Å². The third kappa shape index (κ3) is 4.04. The molecule has 1 saturated heterocycles. The van der Waals surface area contributed by atoms with E-state index in [-0.39, 0.29) is 5.82 Å². The number of piperazine rings is 1. The van der Waals surface area contributed by atoms with Crippen molar-refractivity contribution in [1.82, 2.24) is 9.80 Å². The SMILES string of the molecule is Fc1ccc(CN2CCN(C(C3=CCCC=C3)C3CCC3)CC2)cc1.